The summed E-state index contributed by atoms with van der Waals surface area (Å²) in [6.45, 7) is 5.22. The van der Waals surface area contributed by atoms with E-state index in [9.17, 15) is 0 Å². The van der Waals surface area contributed by atoms with Crippen LogP contribution in [0.25, 0.3) is 11.3 Å². The van der Waals surface area contributed by atoms with Crippen LogP contribution in [0.15, 0.2) is 36.5 Å². The minimum atomic E-state index is -0.356. The molecular formula is C18H21N3O2. The van der Waals surface area contributed by atoms with Gasteiger partial charge in [0.2, 0.25) is 5.95 Å². The molecule has 23 heavy (non-hydrogen) atoms. The van der Waals surface area contributed by atoms with Crippen LogP contribution in [0.4, 0.5) is 5.95 Å². The molecule has 0 atom stereocenters. The van der Waals surface area contributed by atoms with E-state index in [2.05, 4.69) is 41.1 Å². The van der Waals surface area contributed by atoms with Gasteiger partial charge in [-0.25, -0.2) is 9.97 Å². The zero-order valence-electron chi connectivity index (χ0n) is 13.4. The van der Waals surface area contributed by atoms with Crippen molar-refractivity contribution in [3.63, 3.8) is 0 Å². The van der Waals surface area contributed by atoms with Crippen LogP contribution < -0.4 is 4.90 Å². The Morgan fingerprint density at radius 1 is 1.00 bits per heavy atom. The number of nitrogens with zero attached hydrogens (tertiary/aromatic N) is 3. The molecule has 5 heteroatoms. The highest BCUT2D eigenvalue weighted by Crippen LogP contribution is 2.32. The van der Waals surface area contributed by atoms with Gasteiger partial charge in [-0.1, -0.05) is 29.8 Å². The molecule has 0 aliphatic carbocycles. The Kier molecular flexibility index (Phi) is 3.75. The first kappa shape index (κ1) is 14.6. The molecule has 5 nitrogen and oxygen atoms in total. The predicted octanol–water partition coefficient (Wildman–Crippen LogP) is 2.80. The fourth-order valence-corrected chi connectivity index (χ4v) is 3.22. The Balaban J connectivity index is 1.51. The van der Waals surface area contributed by atoms with Crippen molar-refractivity contribution in [3.05, 3.63) is 42.1 Å². The lowest BCUT2D eigenvalue weighted by Gasteiger charge is -2.37. The lowest BCUT2D eigenvalue weighted by Crippen LogP contribution is -2.45. The van der Waals surface area contributed by atoms with Crippen molar-refractivity contribution in [2.75, 3.05) is 31.2 Å². The summed E-state index contributed by atoms with van der Waals surface area (Å²) in [5, 5.41) is 0. The summed E-state index contributed by atoms with van der Waals surface area (Å²) in [7, 11) is 0. The maximum Gasteiger partial charge on any atom is 0.225 e. The van der Waals surface area contributed by atoms with Gasteiger partial charge >= 0.3 is 0 Å². The van der Waals surface area contributed by atoms with Crippen LogP contribution in [-0.2, 0) is 9.47 Å². The molecule has 0 radical (unpaired) electrons. The Bertz CT molecular complexity index is 671. The number of rotatable bonds is 2. The summed E-state index contributed by atoms with van der Waals surface area (Å²) < 4.78 is 11.6. The number of hydrogen-bond acceptors (Lipinski definition) is 5. The monoisotopic (exact) mass is 311 g/mol. The molecule has 120 valence electrons. The largest absolute Gasteiger partial charge is 0.347 e. The van der Waals surface area contributed by atoms with E-state index in [0.29, 0.717) is 13.2 Å². The molecule has 0 unspecified atom stereocenters. The van der Waals surface area contributed by atoms with Crippen molar-refractivity contribution >= 4 is 5.95 Å². The zero-order valence-corrected chi connectivity index (χ0v) is 13.4. The first-order chi connectivity index (χ1) is 11.2. The Morgan fingerprint density at radius 2 is 1.70 bits per heavy atom. The lowest BCUT2D eigenvalue weighted by atomic mass is 10.0. The van der Waals surface area contributed by atoms with Gasteiger partial charge in [-0.2, -0.15) is 0 Å². The summed E-state index contributed by atoms with van der Waals surface area (Å²) in [5.41, 5.74) is 3.33. The van der Waals surface area contributed by atoms with Crippen molar-refractivity contribution in [2.24, 2.45) is 0 Å². The van der Waals surface area contributed by atoms with Gasteiger partial charge in [0.1, 0.15) is 0 Å². The van der Waals surface area contributed by atoms with Gasteiger partial charge in [0.05, 0.1) is 18.9 Å². The molecule has 2 fully saturated rings. The van der Waals surface area contributed by atoms with Gasteiger partial charge in [-0.05, 0) is 13.0 Å². The van der Waals surface area contributed by atoms with E-state index in [1.165, 1.54) is 5.56 Å². The van der Waals surface area contributed by atoms with Crippen LogP contribution >= 0.6 is 0 Å². The fourth-order valence-electron chi connectivity index (χ4n) is 3.22. The minimum absolute atomic E-state index is 0.356. The summed E-state index contributed by atoms with van der Waals surface area (Å²) in [5.74, 6) is 0.432. The van der Waals surface area contributed by atoms with Gasteiger partial charge in [0, 0.05) is 37.7 Å². The maximum atomic E-state index is 5.78. The van der Waals surface area contributed by atoms with Crippen molar-refractivity contribution < 1.29 is 9.47 Å². The topological polar surface area (TPSA) is 47.5 Å². The first-order valence-corrected chi connectivity index (χ1v) is 8.17. The summed E-state index contributed by atoms with van der Waals surface area (Å²) >= 11 is 0. The highest BCUT2D eigenvalue weighted by molar-refractivity contribution is 5.60. The number of anilines is 1. The third kappa shape index (κ3) is 2.94. The minimum Gasteiger partial charge on any atom is -0.347 e. The second-order valence-electron chi connectivity index (χ2n) is 6.20. The molecule has 2 aromatic rings. The number of benzene rings is 1. The molecule has 2 saturated heterocycles. The molecule has 1 spiro atoms. The molecule has 0 amide bonds. The number of aromatic nitrogens is 2. The van der Waals surface area contributed by atoms with Crippen LogP contribution in [0.5, 0.6) is 0 Å². The second kappa shape index (κ2) is 5.91. The normalized spacial score (nSPS) is 20.1. The van der Waals surface area contributed by atoms with E-state index in [-0.39, 0.29) is 5.79 Å². The maximum absolute atomic E-state index is 5.78. The molecule has 4 rings (SSSR count). The van der Waals surface area contributed by atoms with Crippen LogP contribution in [-0.4, -0.2) is 42.1 Å². The van der Waals surface area contributed by atoms with Gasteiger partial charge in [-0.15, -0.1) is 0 Å². The Morgan fingerprint density at radius 3 is 2.39 bits per heavy atom. The average molecular weight is 311 g/mol. The highest BCUT2D eigenvalue weighted by atomic mass is 16.7. The van der Waals surface area contributed by atoms with Gasteiger partial charge in [0.15, 0.2) is 5.79 Å². The van der Waals surface area contributed by atoms with Crippen molar-refractivity contribution in [1.82, 2.24) is 9.97 Å². The second-order valence-corrected chi connectivity index (χ2v) is 6.20. The number of aryl methyl sites for hydroxylation is 1. The smallest absolute Gasteiger partial charge is 0.225 e. The molecule has 2 aliphatic rings. The van der Waals surface area contributed by atoms with Crippen molar-refractivity contribution in [1.29, 1.82) is 0 Å². The van der Waals surface area contributed by atoms with Crippen LogP contribution in [0.1, 0.15) is 18.4 Å². The number of hydrogen-bond donors (Lipinski definition) is 0. The van der Waals surface area contributed by atoms with Crippen LogP contribution in [0.2, 0.25) is 0 Å². The predicted molar refractivity (Wildman–Crippen MR) is 88.3 cm³/mol. The molecule has 1 aromatic heterocycles. The van der Waals surface area contributed by atoms with E-state index in [1.54, 1.807) is 0 Å². The molecule has 2 aliphatic heterocycles. The third-order valence-corrected chi connectivity index (χ3v) is 4.61. The molecule has 1 aromatic carbocycles. The van der Waals surface area contributed by atoms with E-state index in [4.69, 9.17) is 14.5 Å². The average Bonchev–Trinajstić information content (AvgIpc) is 3.04. The summed E-state index contributed by atoms with van der Waals surface area (Å²) in [4.78, 5) is 11.4. The lowest BCUT2D eigenvalue weighted by molar-refractivity contribution is -0.169. The highest BCUT2D eigenvalue weighted by Gasteiger charge is 2.40. The third-order valence-electron chi connectivity index (χ3n) is 4.61. The van der Waals surface area contributed by atoms with E-state index in [1.807, 2.05) is 12.3 Å². The molecule has 0 N–H and O–H groups in total. The van der Waals surface area contributed by atoms with Crippen LogP contribution in [0, 0.1) is 6.92 Å². The molecule has 3 heterocycles. The first-order valence-electron chi connectivity index (χ1n) is 8.17. The summed E-state index contributed by atoms with van der Waals surface area (Å²) in [6, 6.07) is 10.4. The van der Waals surface area contributed by atoms with Gasteiger partial charge in [0.25, 0.3) is 0 Å². The number of ether oxygens (including phenoxy) is 2. The fraction of sp³-hybridized carbons (Fsp3) is 0.444. The SMILES string of the molecule is Cc1ccc(-c2ccnc(N3CCC4(CC3)OCCO4)n2)cc1. The molecular weight excluding hydrogens is 290 g/mol. The van der Waals surface area contributed by atoms with Crippen molar-refractivity contribution in [3.8, 4) is 11.3 Å². The van der Waals surface area contributed by atoms with Gasteiger partial charge in [-0.3, -0.25) is 0 Å². The van der Waals surface area contributed by atoms with Crippen molar-refractivity contribution in [2.45, 2.75) is 25.6 Å². The Hall–Kier alpha value is -1.98. The zero-order chi connectivity index (χ0) is 15.7. The molecule has 0 saturated carbocycles. The van der Waals surface area contributed by atoms with E-state index in [0.717, 1.165) is 43.1 Å². The quantitative estimate of drug-likeness (QED) is 0.853. The standard InChI is InChI=1S/C18H21N3O2/c1-14-2-4-15(5-3-14)16-6-9-19-17(20-16)21-10-7-18(8-11-21)22-12-13-23-18/h2-6,9H,7-8,10-13H2,1H3. The number of piperidine rings is 1. The van der Waals surface area contributed by atoms with E-state index >= 15 is 0 Å². The molecule has 0 bridgehead atoms. The Labute approximate surface area is 136 Å². The van der Waals surface area contributed by atoms with E-state index < -0.39 is 0 Å². The van der Waals surface area contributed by atoms with Gasteiger partial charge < -0.3 is 14.4 Å². The summed E-state index contributed by atoms with van der Waals surface area (Å²) in [6.07, 6.45) is 3.57. The van der Waals surface area contributed by atoms with Crippen LogP contribution in [0.3, 0.4) is 0 Å².